The fourth-order valence-electron chi connectivity index (χ4n) is 0.966. The Hall–Kier alpha value is -0.570. The summed E-state index contributed by atoms with van der Waals surface area (Å²) in [6.07, 6.45) is 4.76. The van der Waals surface area contributed by atoms with Gasteiger partial charge in [0, 0.05) is 0 Å². The van der Waals surface area contributed by atoms with Crippen LogP contribution < -0.4 is 5.73 Å². The molecule has 0 saturated heterocycles. The average Bonchev–Trinajstić information content (AvgIpc) is 2.14. The molecule has 0 amide bonds. The maximum atomic E-state index is 11.2. The van der Waals surface area contributed by atoms with E-state index in [-0.39, 0.29) is 5.97 Å². The number of rotatable bonds is 7. The van der Waals surface area contributed by atoms with Gasteiger partial charge in [0.1, 0.15) is 6.04 Å². The summed E-state index contributed by atoms with van der Waals surface area (Å²) < 4.78 is 4.98. The lowest BCUT2D eigenvalue weighted by Gasteiger charge is -2.10. The van der Waals surface area contributed by atoms with Crippen LogP contribution in [-0.2, 0) is 9.53 Å². The first-order valence-electron chi connectivity index (χ1n) is 5.14. The van der Waals surface area contributed by atoms with Crippen molar-refractivity contribution in [2.45, 2.75) is 52.0 Å². The van der Waals surface area contributed by atoms with Gasteiger partial charge in [-0.3, -0.25) is 4.79 Å². The van der Waals surface area contributed by atoms with E-state index in [9.17, 15) is 4.79 Å². The van der Waals surface area contributed by atoms with E-state index in [0.717, 1.165) is 32.1 Å². The molecule has 0 spiro atoms. The largest absolute Gasteiger partial charge is 0.465 e. The summed E-state index contributed by atoms with van der Waals surface area (Å²) in [5.74, 6) is -0.248. The topological polar surface area (TPSA) is 52.3 Å². The Labute approximate surface area is 80.6 Å². The van der Waals surface area contributed by atoms with Crippen molar-refractivity contribution in [2.24, 2.45) is 5.73 Å². The van der Waals surface area contributed by atoms with Crippen LogP contribution in [0.5, 0.6) is 0 Å². The van der Waals surface area contributed by atoms with Gasteiger partial charge in [0.05, 0.1) is 6.61 Å². The Morgan fingerprint density at radius 1 is 1.31 bits per heavy atom. The molecule has 0 aromatic carbocycles. The Kier molecular flexibility index (Phi) is 7.69. The SMILES string of the molecule is CCCCOC(=O)[C@@H](N)CCCC. The van der Waals surface area contributed by atoms with E-state index in [2.05, 4.69) is 13.8 Å². The molecule has 78 valence electrons. The van der Waals surface area contributed by atoms with Gasteiger partial charge in [-0.2, -0.15) is 0 Å². The van der Waals surface area contributed by atoms with Crippen molar-refractivity contribution in [1.29, 1.82) is 0 Å². The maximum Gasteiger partial charge on any atom is 0.322 e. The lowest BCUT2D eigenvalue weighted by atomic mass is 10.1. The molecule has 0 aromatic rings. The van der Waals surface area contributed by atoms with E-state index < -0.39 is 6.04 Å². The van der Waals surface area contributed by atoms with Gasteiger partial charge in [0.25, 0.3) is 0 Å². The lowest BCUT2D eigenvalue weighted by molar-refractivity contribution is -0.145. The van der Waals surface area contributed by atoms with Gasteiger partial charge < -0.3 is 10.5 Å². The molecule has 3 heteroatoms. The molecule has 0 aromatic heterocycles. The monoisotopic (exact) mass is 187 g/mol. The minimum absolute atomic E-state index is 0.248. The predicted molar refractivity (Wildman–Crippen MR) is 53.4 cm³/mol. The van der Waals surface area contributed by atoms with Crippen LogP contribution in [0, 0.1) is 0 Å². The van der Waals surface area contributed by atoms with Crippen LogP contribution in [-0.4, -0.2) is 18.6 Å². The Morgan fingerprint density at radius 2 is 1.92 bits per heavy atom. The van der Waals surface area contributed by atoms with Crippen molar-refractivity contribution in [3.63, 3.8) is 0 Å². The van der Waals surface area contributed by atoms with Gasteiger partial charge in [-0.15, -0.1) is 0 Å². The predicted octanol–water partition coefficient (Wildman–Crippen LogP) is 1.85. The molecule has 0 heterocycles. The third-order valence-corrected chi connectivity index (χ3v) is 1.91. The van der Waals surface area contributed by atoms with Crippen LogP contribution in [0.1, 0.15) is 46.0 Å². The van der Waals surface area contributed by atoms with Crippen LogP contribution in [0.25, 0.3) is 0 Å². The standard InChI is InChI=1S/C10H21NO2/c1-3-5-7-9(11)10(12)13-8-6-4-2/h9H,3-8,11H2,1-2H3/t9-/m0/s1. The number of nitrogens with two attached hydrogens (primary N) is 1. The highest BCUT2D eigenvalue weighted by Gasteiger charge is 2.13. The highest BCUT2D eigenvalue weighted by molar-refractivity contribution is 5.75. The van der Waals surface area contributed by atoms with Crippen molar-refractivity contribution in [3.8, 4) is 0 Å². The van der Waals surface area contributed by atoms with Crippen molar-refractivity contribution in [1.82, 2.24) is 0 Å². The molecule has 0 aliphatic carbocycles. The third-order valence-electron chi connectivity index (χ3n) is 1.91. The quantitative estimate of drug-likeness (QED) is 0.489. The van der Waals surface area contributed by atoms with Crippen molar-refractivity contribution in [2.75, 3.05) is 6.61 Å². The highest BCUT2D eigenvalue weighted by Crippen LogP contribution is 2.00. The summed E-state index contributed by atoms with van der Waals surface area (Å²) in [5, 5.41) is 0. The molecule has 0 aliphatic heterocycles. The van der Waals surface area contributed by atoms with Crippen LogP contribution in [0.2, 0.25) is 0 Å². The van der Waals surface area contributed by atoms with Crippen LogP contribution >= 0.6 is 0 Å². The molecule has 3 nitrogen and oxygen atoms in total. The van der Waals surface area contributed by atoms with Crippen molar-refractivity contribution in [3.05, 3.63) is 0 Å². The van der Waals surface area contributed by atoms with E-state index >= 15 is 0 Å². The van der Waals surface area contributed by atoms with Crippen molar-refractivity contribution < 1.29 is 9.53 Å². The summed E-state index contributed by atoms with van der Waals surface area (Å²) in [4.78, 5) is 11.2. The van der Waals surface area contributed by atoms with E-state index in [0.29, 0.717) is 6.61 Å². The number of hydrogen-bond donors (Lipinski definition) is 1. The zero-order valence-corrected chi connectivity index (χ0v) is 8.71. The Bertz CT molecular complexity index is 137. The summed E-state index contributed by atoms with van der Waals surface area (Å²) in [6.45, 7) is 4.65. The van der Waals surface area contributed by atoms with Crippen LogP contribution in [0.3, 0.4) is 0 Å². The minimum atomic E-state index is -0.420. The average molecular weight is 187 g/mol. The second-order valence-corrected chi connectivity index (χ2v) is 3.27. The first-order chi connectivity index (χ1) is 6.22. The summed E-state index contributed by atoms with van der Waals surface area (Å²) >= 11 is 0. The maximum absolute atomic E-state index is 11.2. The summed E-state index contributed by atoms with van der Waals surface area (Å²) in [5.41, 5.74) is 5.61. The van der Waals surface area contributed by atoms with Crippen LogP contribution in [0.15, 0.2) is 0 Å². The molecule has 13 heavy (non-hydrogen) atoms. The summed E-state index contributed by atoms with van der Waals surface area (Å²) in [6, 6.07) is -0.420. The smallest absolute Gasteiger partial charge is 0.322 e. The first kappa shape index (κ1) is 12.4. The van der Waals surface area contributed by atoms with Gasteiger partial charge in [0.15, 0.2) is 0 Å². The number of carbonyl (C=O) groups is 1. The molecule has 2 N–H and O–H groups in total. The molecule has 0 rings (SSSR count). The van der Waals surface area contributed by atoms with E-state index in [1.165, 1.54) is 0 Å². The second-order valence-electron chi connectivity index (χ2n) is 3.27. The molecule has 1 atom stereocenters. The Balaban J connectivity index is 3.45. The molecule has 0 saturated carbocycles. The number of ether oxygens (including phenoxy) is 1. The number of unbranched alkanes of at least 4 members (excludes halogenated alkanes) is 2. The molecule has 0 fully saturated rings. The first-order valence-corrected chi connectivity index (χ1v) is 5.14. The number of carbonyl (C=O) groups excluding carboxylic acids is 1. The van der Waals surface area contributed by atoms with Crippen molar-refractivity contribution >= 4 is 5.97 Å². The fraction of sp³-hybridized carbons (Fsp3) is 0.900. The molecular weight excluding hydrogens is 166 g/mol. The van der Waals surface area contributed by atoms with E-state index in [1.807, 2.05) is 0 Å². The Morgan fingerprint density at radius 3 is 2.46 bits per heavy atom. The number of esters is 1. The molecule has 0 aliphatic rings. The molecule has 0 unspecified atom stereocenters. The number of hydrogen-bond acceptors (Lipinski definition) is 3. The second kappa shape index (κ2) is 8.05. The normalized spacial score (nSPS) is 12.5. The van der Waals surface area contributed by atoms with Gasteiger partial charge >= 0.3 is 5.97 Å². The zero-order valence-electron chi connectivity index (χ0n) is 8.71. The van der Waals surface area contributed by atoms with Gasteiger partial charge in [-0.1, -0.05) is 33.1 Å². The van der Waals surface area contributed by atoms with Gasteiger partial charge in [-0.05, 0) is 12.8 Å². The highest BCUT2D eigenvalue weighted by atomic mass is 16.5. The molecular formula is C10H21NO2. The van der Waals surface area contributed by atoms with E-state index in [4.69, 9.17) is 10.5 Å². The minimum Gasteiger partial charge on any atom is -0.465 e. The zero-order chi connectivity index (χ0) is 10.1. The fourth-order valence-corrected chi connectivity index (χ4v) is 0.966. The molecule has 0 bridgehead atoms. The van der Waals surface area contributed by atoms with E-state index in [1.54, 1.807) is 0 Å². The lowest BCUT2D eigenvalue weighted by Crippen LogP contribution is -2.32. The van der Waals surface area contributed by atoms with Gasteiger partial charge in [-0.25, -0.2) is 0 Å². The van der Waals surface area contributed by atoms with Crippen LogP contribution in [0.4, 0.5) is 0 Å². The summed E-state index contributed by atoms with van der Waals surface area (Å²) in [7, 11) is 0. The van der Waals surface area contributed by atoms with Gasteiger partial charge in [0.2, 0.25) is 0 Å². The molecule has 0 radical (unpaired) electrons. The third kappa shape index (κ3) is 6.58.